The highest BCUT2D eigenvalue weighted by molar-refractivity contribution is 8.18. The van der Waals surface area contributed by atoms with Gasteiger partial charge in [0.25, 0.3) is 11.8 Å². The highest BCUT2D eigenvalue weighted by Crippen LogP contribution is 2.37. The van der Waals surface area contributed by atoms with E-state index in [2.05, 4.69) is 4.99 Å². The summed E-state index contributed by atoms with van der Waals surface area (Å²) >= 11 is 1.20. The number of para-hydroxylation sites is 1. The molecular formula is C23H23N3O5S. The molecule has 2 aromatic rings. The van der Waals surface area contributed by atoms with Gasteiger partial charge in [0.05, 0.1) is 30.9 Å². The Hall–Kier alpha value is -3.30. The van der Waals surface area contributed by atoms with Crippen LogP contribution in [0.15, 0.2) is 52.4 Å². The van der Waals surface area contributed by atoms with E-state index in [1.54, 1.807) is 60.5 Å². The minimum absolute atomic E-state index is 0.0294. The van der Waals surface area contributed by atoms with Crippen molar-refractivity contribution in [1.82, 2.24) is 9.80 Å². The van der Waals surface area contributed by atoms with Crippen molar-refractivity contribution in [2.45, 2.75) is 0 Å². The molecule has 2 aliphatic heterocycles. The third-order valence-electron chi connectivity index (χ3n) is 5.16. The first-order valence-corrected chi connectivity index (χ1v) is 10.9. The molecular weight excluding hydrogens is 430 g/mol. The number of phenolic OH excluding ortho intramolecular Hbond substituents is 1. The number of ether oxygens (including phenoxy) is 2. The van der Waals surface area contributed by atoms with E-state index in [1.165, 1.54) is 23.8 Å². The molecule has 9 heteroatoms. The normalized spacial score (nSPS) is 19.1. The van der Waals surface area contributed by atoms with Gasteiger partial charge in [-0.1, -0.05) is 18.2 Å². The second-order valence-electron chi connectivity index (χ2n) is 7.22. The molecule has 2 heterocycles. The Balaban J connectivity index is 1.57. The number of nitrogens with zero attached hydrogens (tertiary/aromatic N) is 3. The largest absolute Gasteiger partial charge is 0.504 e. The Morgan fingerprint density at radius 2 is 1.97 bits per heavy atom. The Morgan fingerprint density at radius 3 is 2.72 bits per heavy atom. The lowest BCUT2D eigenvalue weighted by atomic mass is 10.1. The number of morpholine rings is 1. The number of carbonyl (C=O) groups excluding carboxylic acids is 2. The number of thioether (sulfide) groups is 1. The van der Waals surface area contributed by atoms with E-state index in [1.807, 2.05) is 0 Å². The van der Waals surface area contributed by atoms with Gasteiger partial charge in [-0.15, -0.1) is 0 Å². The SMILES string of the molecule is COc1cccc(/C=C2/SC(=Nc3cccc(C(=O)N4CCOCC4)c3)N(C)C2=O)c1O. The summed E-state index contributed by atoms with van der Waals surface area (Å²) in [5.41, 5.74) is 1.60. The second kappa shape index (κ2) is 9.46. The number of rotatable bonds is 4. The number of benzene rings is 2. The van der Waals surface area contributed by atoms with E-state index in [0.717, 1.165) is 0 Å². The fourth-order valence-electron chi connectivity index (χ4n) is 3.38. The van der Waals surface area contributed by atoms with Crippen molar-refractivity contribution in [3.63, 3.8) is 0 Å². The van der Waals surface area contributed by atoms with Crippen molar-refractivity contribution in [2.75, 3.05) is 40.5 Å². The summed E-state index contributed by atoms with van der Waals surface area (Å²) in [5.74, 6) is 0.0153. The molecule has 1 N–H and O–H groups in total. The predicted molar refractivity (Wildman–Crippen MR) is 123 cm³/mol. The zero-order chi connectivity index (χ0) is 22.7. The third kappa shape index (κ3) is 4.49. The van der Waals surface area contributed by atoms with Gasteiger partial charge in [-0.05, 0) is 42.1 Å². The van der Waals surface area contributed by atoms with Gasteiger partial charge < -0.3 is 19.5 Å². The van der Waals surface area contributed by atoms with E-state index in [-0.39, 0.29) is 17.6 Å². The topological polar surface area (TPSA) is 91.7 Å². The quantitative estimate of drug-likeness (QED) is 0.716. The Bertz CT molecular complexity index is 1110. The number of amidine groups is 1. The van der Waals surface area contributed by atoms with Crippen molar-refractivity contribution in [3.8, 4) is 11.5 Å². The van der Waals surface area contributed by atoms with Crippen molar-refractivity contribution in [1.29, 1.82) is 0 Å². The summed E-state index contributed by atoms with van der Waals surface area (Å²) in [6.07, 6.45) is 1.61. The molecule has 0 radical (unpaired) electrons. The molecule has 2 fully saturated rings. The molecule has 2 aliphatic rings. The maximum absolute atomic E-state index is 12.8. The molecule has 2 amide bonds. The predicted octanol–water partition coefficient (Wildman–Crippen LogP) is 3.11. The lowest BCUT2D eigenvalue weighted by Crippen LogP contribution is -2.40. The van der Waals surface area contributed by atoms with Gasteiger partial charge in [0.15, 0.2) is 16.7 Å². The van der Waals surface area contributed by atoms with Crippen molar-refractivity contribution < 1.29 is 24.2 Å². The molecule has 8 nitrogen and oxygen atoms in total. The number of aromatic hydroxyl groups is 1. The third-order valence-corrected chi connectivity index (χ3v) is 6.22. The number of methoxy groups -OCH3 is 1. The highest BCUT2D eigenvalue weighted by atomic mass is 32.2. The van der Waals surface area contributed by atoms with E-state index in [0.29, 0.717) is 58.9 Å². The van der Waals surface area contributed by atoms with Gasteiger partial charge in [0.2, 0.25) is 0 Å². The van der Waals surface area contributed by atoms with Crippen LogP contribution < -0.4 is 4.74 Å². The van der Waals surface area contributed by atoms with Gasteiger partial charge in [0, 0.05) is 31.3 Å². The summed E-state index contributed by atoms with van der Waals surface area (Å²) in [7, 11) is 3.11. The summed E-state index contributed by atoms with van der Waals surface area (Å²) in [4.78, 5) is 33.7. The van der Waals surface area contributed by atoms with Gasteiger partial charge in [-0.25, -0.2) is 4.99 Å². The molecule has 0 aliphatic carbocycles. The molecule has 0 aromatic heterocycles. The van der Waals surface area contributed by atoms with Crippen LogP contribution in [0.25, 0.3) is 6.08 Å². The van der Waals surface area contributed by atoms with Gasteiger partial charge >= 0.3 is 0 Å². The van der Waals surface area contributed by atoms with E-state index < -0.39 is 0 Å². The molecule has 0 saturated carbocycles. The van der Waals surface area contributed by atoms with E-state index in [9.17, 15) is 14.7 Å². The number of carbonyl (C=O) groups is 2. The smallest absolute Gasteiger partial charge is 0.266 e. The van der Waals surface area contributed by atoms with E-state index in [4.69, 9.17) is 9.47 Å². The Labute approximate surface area is 190 Å². The van der Waals surface area contributed by atoms with Gasteiger partial charge in [0.1, 0.15) is 0 Å². The number of phenols is 1. The van der Waals surface area contributed by atoms with Crippen molar-refractivity contribution >= 4 is 40.5 Å². The lowest BCUT2D eigenvalue weighted by molar-refractivity contribution is -0.121. The first-order chi connectivity index (χ1) is 15.5. The maximum atomic E-state index is 12.8. The molecule has 0 bridgehead atoms. The molecule has 4 rings (SSSR count). The minimum atomic E-state index is -0.225. The lowest BCUT2D eigenvalue weighted by Gasteiger charge is -2.26. The van der Waals surface area contributed by atoms with Crippen molar-refractivity contribution in [2.24, 2.45) is 4.99 Å². The van der Waals surface area contributed by atoms with Crippen LogP contribution >= 0.6 is 11.8 Å². The Morgan fingerprint density at radius 1 is 1.22 bits per heavy atom. The Kier molecular flexibility index (Phi) is 6.48. The maximum Gasteiger partial charge on any atom is 0.266 e. The van der Waals surface area contributed by atoms with Gasteiger partial charge in [-0.2, -0.15) is 0 Å². The average Bonchev–Trinajstić information content (AvgIpc) is 3.08. The van der Waals surface area contributed by atoms with Crippen LogP contribution in [0.1, 0.15) is 15.9 Å². The zero-order valence-electron chi connectivity index (χ0n) is 17.8. The van der Waals surface area contributed by atoms with Crippen LogP contribution in [0.3, 0.4) is 0 Å². The monoisotopic (exact) mass is 453 g/mol. The number of amides is 2. The number of hydrogen-bond donors (Lipinski definition) is 1. The highest BCUT2D eigenvalue weighted by Gasteiger charge is 2.31. The molecule has 0 atom stereocenters. The standard InChI is InChI=1S/C23H23N3O5S/c1-25-22(29)19(14-15-5-4-8-18(30-2)20(15)27)32-23(25)24-17-7-3-6-16(13-17)21(28)26-9-11-31-12-10-26/h3-8,13-14,27H,9-12H2,1-2H3/b19-14+,24-23?. The van der Waals surface area contributed by atoms with Crippen LogP contribution in [0.4, 0.5) is 5.69 Å². The fraction of sp³-hybridized carbons (Fsp3) is 0.261. The minimum Gasteiger partial charge on any atom is -0.504 e. The zero-order valence-corrected chi connectivity index (χ0v) is 18.6. The first-order valence-electron chi connectivity index (χ1n) is 10.1. The summed E-state index contributed by atoms with van der Waals surface area (Å²) in [6, 6.07) is 12.1. The molecule has 0 unspecified atom stereocenters. The molecule has 166 valence electrons. The molecule has 2 saturated heterocycles. The van der Waals surface area contributed by atoms with Crippen LogP contribution in [0.5, 0.6) is 11.5 Å². The summed E-state index contributed by atoms with van der Waals surface area (Å²) in [5, 5.41) is 10.8. The van der Waals surface area contributed by atoms with Crippen LogP contribution in [0.2, 0.25) is 0 Å². The molecule has 32 heavy (non-hydrogen) atoms. The van der Waals surface area contributed by atoms with Crippen LogP contribution in [-0.4, -0.2) is 72.3 Å². The summed E-state index contributed by atoms with van der Waals surface area (Å²) in [6.45, 7) is 2.20. The van der Waals surface area contributed by atoms with Crippen molar-refractivity contribution in [3.05, 3.63) is 58.5 Å². The van der Waals surface area contributed by atoms with E-state index >= 15 is 0 Å². The molecule has 2 aromatic carbocycles. The summed E-state index contributed by atoms with van der Waals surface area (Å²) < 4.78 is 10.4. The molecule has 0 spiro atoms. The first kappa shape index (κ1) is 21.9. The number of aliphatic imine (C=N–C) groups is 1. The number of hydrogen-bond acceptors (Lipinski definition) is 7. The van der Waals surface area contributed by atoms with Crippen LogP contribution in [0, 0.1) is 0 Å². The number of likely N-dealkylation sites (N-methyl/N-ethyl adjacent to an activating group) is 1. The average molecular weight is 454 g/mol. The second-order valence-corrected chi connectivity index (χ2v) is 8.23. The van der Waals surface area contributed by atoms with Gasteiger partial charge in [-0.3, -0.25) is 14.5 Å². The van der Waals surface area contributed by atoms with Crippen LogP contribution in [-0.2, 0) is 9.53 Å². The fourth-order valence-corrected chi connectivity index (χ4v) is 4.36.